The highest BCUT2D eigenvalue weighted by Crippen LogP contribution is 2.38. The van der Waals surface area contributed by atoms with E-state index in [0.717, 1.165) is 49.4 Å². The molecule has 3 rings (SSSR count). The van der Waals surface area contributed by atoms with Crippen LogP contribution >= 0.6 is 0 Å². The summed E-state index contributed by atoms with van der Waals surface area (Å²) in [5.41, 5.74) is 0. The zero-order valence-electron chi connectivity index (χ0n) is 19.5. The SMILES string of the molecule is CCCC1CCC(CCC2CCC(C(=O)OC3CCC(CCC)CC3)CC2)CC1. The molecule has 0 N–H and O–H groups in total. The number of rotatable bonds is 9. The van der Waals surface area contributed by atoms with E-state index in [9.17, 15) is 4.79 Å². The molecule has 0 bridgehead atoms. The average molecular weight is 405 g/mol. The number of hydrogen-bond donors (Lipinski definition) is 0. The van der Waals surface area contributed by atoms with E-state index in [-0.39, 0.29) is 18.0 Å². The van der Waals surface area contributed by atoms with Gasteiger partial charge in [0.15, 0.2) is 0 Å². The van der Waals surface area contributed by atoms with Crippen LogP contribution in [0.3, 0.4) is 0 Å². The number of hydrogen-bond acceptors (Lipinski definition) is 2. The maximum absolute atomic E-state index is 12.6. The zero-order chi connectivity index (χ0) is 20.5. The third-order valence-corrected chi connectivity index (χ3v) is 8.60. The van der Waals surface area contributed by atoms with Crippen molar-refractivity contribution < 1.29 is 9.53 Å². The topological polar surface area (TPSA) is 26.3 Å². The summed E-state index contributed by atoms with van der Waals surface area (Å²) in [6.07, 6.45) is 23.9. The second-order valence-corrected chi connectivity index (χ2v) is 10.8. The molecule has 0 spiro atoms. The van der Waals surface area contributed by atoms with Crippen molar-refractivity contribution >= 4 is 5.97 Å². The molecule has 0 aromatic heterocycles. The van der Waals surface area contributed by atoms with Gasteiger partial charge in [0, 0.05) is 0 Å². The first-order chi connectivity index (χ1) is 14.2. The summed E-state index contributed by atoms with van der Waals surface area (Å²) in [5, 5.41) is 0. The molecule has 0 saturated heterocycles. The first-order valence-electron chi connectivity index (χ1n) is 13.4. The molecule has 0 heterocycles. The highest BCUT2D eigenvalue weighted by molar-refractivity contribution is 5.72. The smallest absolute Gasteiger partial charge is 0.309 e. The van der Waals surface area contributed by atoms with Gasteiger partial charge in [-0.15, -0.1) is 0 Å². The molecule has 2 heteroatoms. The fraction of sp³-hybridized carbons (Fsp3) is 0.963. The van der Waals surface area contributed by atoms with Gasteiger partial charge in [0.2, 0.25) is 0 Å². The van der Waals surface area contributed by atoms with E-state index in [1.165, 1.54) is 89.9 Å². The molecular formula is C27H48O2. The molecule has 3 fully saturated rings. The quantitative estimate of drug-likeness (QED) is 0.363. The van der Waals surface area contributed by atoms with Gasteiger partial charge in [-0.3, -0.25) is 4.79 Å². The second kappa shape index (κ2) is 12.4. The van der Waals surface area contributed by atoms with Crippen LogP contribution in [0.5, 0.6) is 0 Å². The van der Waals surface area contributed by atoms with E-state index in [1.807, 2.05) is 0 Å². The monoisotopic (exact) mass is 404 g/mol. The number of carbonyl (C=O) groups is 1. The molecular weight excluding hydrogens is 356 g/mol. The summed E-state index contributed by atoms with van der Waals surface area (Å²) >= 11 is 0. The van der Waals surface area contributed by atoms with Crippen LogP contribution in [0.25, 0.3) is 0 Å². The Morgan fingerprint density at radius 1 is 0.586 bits per heavy atom. The van der Waals surface area contributed by atoms with Gasteiger partial charge in [-0.05, 0) is 75.0 Å². The Morgan fingerprint density at radius 3 is 1.41 bits per heavy atom. The standard InChI is InChI=1S/C27H48O2/c1-3-5-21-7-9-23(10-8-21)11-12-24-13-17-25(18-14-24)27(28)29-26-19-15-22(6-4-2)16-20-26/h21-26H,3-20H2,1-2H3. The first kappa shape index (κ1) is 23.1. The Kier molecular flexibility index (Phi) is 9.86. The van der Waals surface area contributed by atoms with Crippen molar-refractivity contribution in [2.75, 3.05) is 0 Å². The van der Waals surface area contributed by atoms with Gasteiger partial charge < -0.3 is 4.74 Å². The van der Waals surface area contributed by atoms with E-state index in [2.05, 4.69) is 13.8 Å². The second-order valence-electron chi connectivity index (χ2n) is 10.8. The van der Waals surface area contributed by atoms with Crippen LogP contribution in [-0.4, -0.2) is 12.1 Å². The lowest BCUT2D eigenvalue weighted by atomic mass is 9.75. The third-order valence-electron chi connectivity index (χ3n) is 8.60. The highest BCUT2D eigenvalue weighted by Gasteiger charge is 2.31. The van der Waals surface area contributed by atoms with Crippen molar-refractivity contribution in [3.63, 3.8) is 0 Å². The molecule has 0 radical (unpaired) electrons. The Balaban J connectivity index is 1.27. The van der Waals surface area contributed by atoms with Crippen LogP contribution in [0, 0.1) is 29.6 Å². The molecule has 0 amide bonds. The van der Waals surface area contributed by atoms with Crippen LogP contribution in [0.15, 0.2) is 0 Å². The Labute approximate surface area is 180 Å². The lowest BCUT2D eigenvalue weighted by Crippen LogP contribution is -2.30. The molecule has 29 heavy (non-hydrogen) atoms. The molecule has 3 saturated carbocycles. The van der Waals surface area contributed by atoms with Gasteiger partial charge in [-0.1, -0.05) is 78.1 Å². The molecule has 3 aliphatic rings. The summed E-state index contributed by atoms with van der Waals surface area (Å²) in [7, 11) is 0. The maximum Gasteiger partial charge on any atom is 0.309 e. The predicted molar refractivity (Wildman–Crippen MR) is 122 cm³/mol. The normalized spacial score (nSPS) is 35.9. The largest absolute Gasteiger partial charge is 0.462 e. The molecule has 168 valence electrons. The van der Waals surface area contributed by atoms with Gasteiger partial charge in [0.25, 0.3) is 0 Å². The predicted octanol–water partition coefficient (Wildman–Crippen LogP) is 8.08. The Bertz CT molecular complexity index is 449. The van der Waals surface area contributed by atoms with Crippen molar-refractivity contribution in [3.05, 3.63) is 0 Å². The van der Waals surface area contributed by atoms with E-state index in [4.69, 9.17) is 4.74 Å². The Morgan fingerprint density at radius 2 is 0.966 bits per heavy atom. The summed E-state index contributed by atoms with van der Waals surface area (Å²) in [5.74, 6) is 4.11. The fourth-order valence-corrected chi connectivity index (χ4v) is 6.58. The van der Waals surface area contributed by atoms with Gasteiger partial charge in [0.05, 0.1) is 5.92 Å². The number of ether oxygens (including phenoxy) is 1. The van der Waals surface area contributed by atoms with Gasteiger partial charge in [-0.2, -0.15) is 0 Å². The van der Waals surface area contributed by atoms with Crippen molar-refractivity contribution in [1.82, 2.24) is 0 Å². The number of carbonyl (C=O) groups excluding carboxylic acids is 1. The van der Waals surface area contributed by atoms with Crippen LogP contribution < -0.4 is 0 Å². The van der Waals surface area contributed by atoms with Gasteiger partial charge in [-0.25, -0.2) is 0 Å². The van der Waals surface area contributed by atoms with Crippen molar-refractivity contribution in [3.8, 4) is 0 Å². The summed E-state index contributed by atoms with van der Waals surface area (Å²) in [4.78, 5) is 12.6. The minimum atomic E-state index is 0.136. The van der Waals surface area contributed by atoms with Crippen molar-refractivity contribution in [2.24, 2.45) is 29.6 Å². The van der Waals surface area contributed by atoms with E-state index in [0.29, 0.717) is 0 Å². The molecule has 0 aromatic rings. The lowest BCUT2D eigenvalue weighted by molar-refractivity contribution is -0.157. The lowest BCUT2D eigenvalue weighted by Gasteiger charge is -2.33. The van der Waals surface area contributed by atoms with Gasteiger partial charge in [0.1, 0.15) is 6.10 Å². The van der Waals surface area contributed by atoms with Crippen LogP contribution in [-0.2, 0) is 9.53 Å². The molecule has 3 aliphatic carbocycles. The fourth-order valence-electron chi connectivity index (χ4n) is 6.58. The average Bonchev–Trinajstić information content (AvgIpc) is 2.75. The number of esters is 1. The minimum absolute atomic E-state index is 0.136. The molecule has 0 aromatic carbocycles. The van der Waals surface area contributed by atoms with E-state index < -0.39 is 0 Å². The summed E-state index contributed by atoms with van der Waals surface area (Å²) in [6.45, 7) is 4.61. The van der Waals surface area contributed by atoms with Crippen LogP contribution in [0.2, 0.25) is 0 Å². The molecule has 0 aliphatic heterocycles. The van der Waals surface area contributed by atoms with E-state index >= 15 is 0 Å². The summed E-state index contributed by atoms with van der Waals surface area (Å²) < 4.78 is 5.94. The minimum Gasteiger partial charge on any atom is -0.462 e. The van der Waals surface area contributed by atoms with Crippen molar-refractivity contribution in [2.45, 2.75) is 136 Å². The van der Waals surface area contributed by atoms with E-state index in [1.54, 1.807) is 0 Å². The molecule has 0 unspecified atom stereocenters. The van der Waals surface area contributed by atoms with Crippen LogP contribution in [0.4, 0.5) is 0 Å². The highest BCUT2D eigenvalue weighted by atomic mass is 16.5. The zero-order valence-corrected chi connectivity index (χ0v) is 19.5. The Hall–Kier alpha value is -0.530. The molecule has 0 atom stereocenters. The first-order valence-corrected chi connectivity index (χ1v) is 13.4. The maximum atomic E-state index is 12.6. The molecule has 2 nitrogen and oxygen atoms in total. The third kappa shape index (κ3) is 7.59. The van der Waals surface area contributed by atoms with Crippen molar-refractivity contribution in [1.29, 1.82) is 0 Å². The van der Waals surface area contributed by atoms with Gasteiger partial charge >= 0.3 is 5.97 Å². The van der Waals surface area contributed by atoms with Crippen LogP contribution in [0.1, 0.15) is 129 Å². The summed E-state index contributed by atoms with van der Waals surface area (Å²) in [6, 6.07) is 0.